The Morgan fingerprint density at radius 3 is 2.71 bits per heavy atom. The first-order chi connectivity index (χ1) is 14.8. The van der Waals surface area contributed by atoms with Crippen molar-refractivity contribution >= 4 is 17.3 Å². The maximum Gasteiger partial charge on any atom is 0.417 e. The number of nitrogens with one attached hydrogen (secondary N) is 2. The molecule has 1 fully saturated rings. The van der Waals surface area contributed by atoms with Crippen molar-refractivity contribution in [2.24, 2.45) is 0 Å². The van der Waals surface area contributed by atoms with Gasteiger partial charge in [-0.15, -0.1) is 0 Å². The number of aromatic amines is 1. The van der Waals surface area contributed by atoms with E-state index in [1.165, 1.54) is 48.7 Å². The minimum absolute atomic E-state index is 0.0295. The number of hydrogen-bond donors (Lipinski definition) is 2. The highest BCUT2D eigenvalue weighted by Gasteiger charge is 2.37. The number of amides is 1. The summed E-state index contributed by atoms with van der Waals surface area (Å²) in [5.41, 5.74) is -0.0936. The number of carbonyl (C=O) groups excluding carboxylic acids is 1. The van der Waals surface area contributed by atoms with Crippen LogP contribution in [0.5, 0.6) is 5.75 Å². The van der Waals surface area contributed by atoms with Crippen LogP contribution in [0.2, 0.25) is 0 Å². The van der Waals surface area contributed by atoms with Gasteiger partial charge >= 0.3 is 6.18 Å². The number of benzene rings is 2. The number of carbonyl (C=O) groups is 1. The number of rotatable bonds is 5. The van der Waals surface area contributed by atoms with Crippen LogP contribution in [0.4, 0.5) is 28.9 Å². The lowest BCUT2D eigenvalue weighted by molar-refractivity contribution is -0.137. The van der Waals surface area contributed by atoms with Crippen LogP contribution in [0.3, 0.4) is 0 Å². The summed E-state index contributed by atoms with van der Waals surface area (Å²) < 4.78 is 59.8. The molecule has 162 valence electrons. The van der Waals surface area contributed by atoms with E-state index in [9.17, 15) is 22.4 Å². The van der Waals surface area contributed by atoms with Gasteiger partial charge < -0.3 is 15.0 Å². The number of aromatic nitrogens is 2. The van der Waals surface area contributed by atoms with Gasteiger partial charge in [0.05, 0.1) is 18.9 Å². The van der Waals surface area contributed by atoms with Crippen molar-refractivity contribution in [1.29, 1.82) is 0 Å². The monoisotopic (exact) mass is 434 g/mol. The fourth-order valence-electron chi connectivity index (χ4n) is 3.62. The Morgan fingerprint density at radius 2 is 2.03 bits per heavy atom. The van der Waals surface area contributed by atoms with Crippen molar-refractivity contribution < 1.29 is 27.1 Å². The van der Waals surface area contributed by atoms with Gasteiger partial charge in [-0.1, -0.05) is 6.07 Å². The number of H-pyrrole nitrogens is 1. The van der Waals surface area contributed by atoms with E-state index >= 15 is 0 Å². The Morgan fingerprint density at radius 1 is 1.23 bits per heavy atom. The first kappa shape index (κ1) is 20.7. The van der Waals surface area contributed by atoms with Crippen molar-refractivity contribution in [3.05, 3.63) is 60.2 Å². The lowest BCUT2D eigenvalue weighted by Crippen LogP contribution is -2.33. The van der Waals surface area contributed by atoms with Crippen LogP contribution in [0.25, 0.3) is 11.1 Å². The number of methoxy groups -OCH3 is 1. The third-order valence-corrected chi connectivity index (χ3v) is 5.08. The van der Waals surface area contributed by atoms with Crippen molar-refractivity contribution in [1.82, 2.24) is 10.2 Å². The van der Waals surface area contributed by atoms with Crippen LogP contribution in [0, 0.1) is 5.82 Å². The van der Waals surface area contributed by atoms with Crippen LogP contribution in [-0.4, -0.2) is 35.8 Å². The van der Waals surface area contributed by atoms with Crippen LogP contribution < -0.4 is 15.0 Å². The molecule has 1 unspecified atom stereocenters. The van der Waals surface area contributed by atoms with Gasteiger partial charge in [0, 0.05) is 41.8 Å². The molecule has 1 amide bonds. The van der Waals surface area contributed by atoms with Crippen molar-refractivity contribution in [2.75, 3.05) is 23.9 Å². The summed E-state index contributed by atoms with van der Waals surface area (Å²) in [4.78, 5) is 14.2. The smallest absolute Gasteiger partial charge is 0.417 e. The lowest BCUT2D eigenvalue weighted by Gasteiger charge is -2.21. The highest BCUT2D eigenvalue weighted by atomic mass is 19.4. The van der Waals surface area contributed by atoms with Gasteiger partial charge in [0.15, 0.2) is 0 Å². The Kier molecular flexibility index (Phi) is 5.30. The summed E-state index contributed by atoms with van der Waals surface area (Å²) in [5, 5.41) is 9.14. The number of nitrogens with zero attached hydrogens (tertiary/aromatic N) is 2. The molecule has 31 heavy (non-hydrogen) atoms. The molecule has 0 saturated carbocycles. The standard InChI is InChI=1S/C21H18F4N4O2/c1-31-16-7-13(22)6-14(8-16)28-19-4-5-29(20(19)30)15-2-3-17(12-10-26-27-11-12)18(9-15)21(23,24)25/h2-3,6-11,19,28H,4-5H2,1H3,(H,26,27). The molecule has 1 aliphatic heterocycles. The molecule has 0 bridgehead atoms. The molecular weight excluding hydrogens is 416 g/mol. The Balaban J connectivity index is 1.59. The van der Waals surface area contributed by atoms with Gasteiger partial charge in [0.1, 0.15) is 17.6 Å². The Bertz CT molecular complexity index is 1100. The zero-order valence-electron chi connectivity index (χ0n) is 16.3. The van der Waals surface area contributed by atoms with Crippen LogP contribution in [0.15, 0.2) is 48.8 Å². The molecule has 3 aromatic rings. The number of anilines is 2. The van der Waals surface area contributed by atoms with Crippen LogP contribution in [-0.2, 0) is 11.0 Å². The average Bonchev–Trinajstić information content (AvgIpc) is 3.37. The van der Waals surface area contributed by atoms with E-state index < -0.39 is 29.5 Å². The van der Waals surface area contributed by atoms with Gasteiger partial charge in [-0.3, -0.25) is 9.89 Å². The maximum atomic E-state index is 13.7. The summed E-state index contributed by atoms with van der Waals surface area (Å²) in [6.07, 6.45) is -1.58. The second kappa shape index (κ2) is 7.93. The minimum atomic E-state index is -4.61. The zero-order chi connectivity index (χ0) is 22.2. The molecule has 1 saturated heterocycles. The molecule has 2 heterocycles. The first-order valence-corrected chi connectivity index (χ1v) is 9.39. The van der Waals surface area contributed by atoms with Crippen LogP contribution in [0.1, 0.15) is 12.0 Å². The topological polar surface area (TPSA) is 70.2 Å². The minimum Gasteiger partial charge on any atom is -0.497 e. The van der Waals surface area contributed by atoms with Gasteiger partial charge in [-0.2, -0.15) is 18.3 Å². The highest BCUT2D eigenvalue weighted by Crippen LogP contribution is 2.39. The van der Waals surface area contributed by atoms with E-state index in [-0.39, 0.29) is 23.5 Å². The van der Waals surface area contributed by atoms with Gasteiger partial charge in [0.2, 0.25) is 5.91 Å². The maximum absolute atomic E-state index is 13.7. The van der Waals surface area contributed by atoms with E-state index in [0.717, 1.165) is 6.07 Å². The third kappa shape index (κ3) is 4.18. The fourth-order valence-corrected chi connectivity index (χ4v) is 3.62. The van der Waals surface area contributed by atoms with E-state index in [0.29, 0.717) is 17.7 Å². The SMILES string of the molecule is COc1cc(F)cc(NC2CCN(c3ccc(-c4cn[nH]c4)c(C(F)(F)F)c3)C2=O)c1. The predicted octanol–water partition coefficient (Wildman–Crippen LogP) is 4.46. The molecule has 4 rings (SSSR count). The summed E-state index contributed by atoms with van der Waals surface area (Å²) in [6, 6.07) is 7.04. The second-order valence-corrected chi connectivity index (χ2v) is 7.07. The van der Waals surface area contributed by atoms with Gasteiger partial charge in [-0.05, 0) is 30.2 Å². The number of halogens is 4. The van der Waals surface area contributed by atoms with E-state index in [4.69, 9.17) is 4.74 Å². The highest BCUT2D eigenvalue weighted by molar-refractivity contribution is 6.01. The number of alkyl halides is 3. The molecule has 6 nitrogen and oxygen atoms in total. The molecule has 2 N–H and O–H groups in total. The summed E-state index contributed by atoms with van der Waals surface area (Å²) in [7, 11) is 1.40. The van der Waals surface area contributed by atoms with Crippen LogP contribution >= 0.6 is 0 Å². The average molecular weight is 434 g/mol. The third-order valence-electron chi connectivity index (χ3n) is 5.08. The fraction of sp³-hybridized carbons (Fsp3) is 0.238. The van der Waals surface area contributed by atoms with Crippen molar-refractivity contribution in [3.8, 4) is 16.9 Å². The lowest BCUT2D eigenvalue weighted by atomic mass is 10.0. The van der Waals surface area contributed by atoms with Crippen molar-refractivity contribution in [2.45, 2.75) is 18.6 Å². The molecule has 2 aromatic carbocycles. The predicted molar refractivity (Wildman–Crippen MR) is 106 cm³/mol. The zero-order valence-corrected chi connectivity index (χ0v) is 16.3. The van der Waals surface area contributed by atoms with E-state index in [1.807, 2.05) is 0 Å². The number of ether oxygens (including phenoxy) is 1. The molecule has 1 atom stereocenters. The molecule has 0 radical (unpaired) electrons. The summed E-state index contributed by atoms with van der Waals surface area (Å²) in [6.45, 7) is 0.227. The molecule has 0 aliphatic carbocycles. The quantitative estimate of drug-likeness (QED) is 0.582. The second-order valence-electron chi connectivity index (χ2n) is 7.07. The normalized spacial score (nSPS) is 16.6. The van der Waals surface area contributed by atoms with Gasteiger partial charge in [-0.25, -0.2) is 4.39 Å². The molecule has 10 heteroatoms. The summed E-state index contributed by atoms with van der Waals surface area (Å²) in [5.74, 6) is -0.643. The van der Waals surface area contributed by atoms with Gasteiger partial charge in [0.25, 0.3) is 0 Å². The van der Waals surface area contributed by atoms with E-state index in [1.54, 1.807) is 6.07 Å². The molecule has 0 spiro atoms. The first-order valence-electron chi connectivity index (χ1n) is 9.39. The number of hydrogen-bond acceptors (Lipinski definition) is 4. The van der Waals surface area contributed by atoms with Crippen molar-refractivity contribution in [3.63, 3.8) is 0 Å². The Hall–Kier alpha value is -3.56. The molecule has 1 aliphatic rings. The van der Waals surface area contributed by atoms with E-state index in [2.05, 4.69) is 15.5 Å². The Labute approximate surface area is 174 Å². The summed E-state index contributed by atoms with van der Waals surface area (Å²) >= 11 is 0. The molecular formula is C21H18F4N4O2. The molecule has 1 aromatic heterocycles. The largest absolute Gasteiger partial charge is 0.497 e.